The van der Waals surface area contributed by atoms with Gasteiger partial charge >= 0.3 is 0 Å². The van der Waals surface area contributed by atoms with E-state index < -0.39 is 0 Å². The van der Waals surface area contributed by atoms with Gasteiger partial charge in [0.15, 0.2) is 11.6 Å². The molecule has 36 heavy (non-hydrogen) atoms. The molecule has 0 bridgehead atoms. The van der Waals surface area contributed by atoms with E-state index in [9.17, 15) is 9.59 Å². The van der Waals surface area contributed by atoms with E-state index in [0.29, 0.717) is 33.9 Å². The molecule has 0 heterocycles. The van der Waals surface area contributed by atoms with Gasteiger partial charge in [0.1, 0.15) is 0 Å². The van der Waals surface area contributed by atoms with E-state index >= 15 is 0 Å². The van der Waals surface area contributed by atoms with Gasteiger partial charge in [-0.1, -0.05) is 93.9 Å². The first-order chi connectivity index (χ1) is 17.2. The minimum atomic E-state index is -0.315. The Kier molecular flexibility index (Phi) is 6.86. The van der Waals surface area contributed by atoms with E-state index in [0.717, 1.165) is 0 Å². The number of carbonyl (C=O) groups excluding carboxylic acids is 2. The van der Waals surface area contributed by atoms with Crippen LogP contribution in [0.3, 0.4) is 0 Å². The Morgan fingerprint density at radius 2 is 0.833 bits per heavy atom. The van der Waals surface area contributed by atoms with E-state index in [1.165, 1.54) is 0 Å². The third-order valence-electron chi connectivity index (χ3n) is 5.60. The Balaban J connectivity index is 1.67. The lowest BCUT2D eigenvalue weighted by molar-refractivity contribution is 0.0980. The van der Waals surface area contributed by atoms with Gasteiger partial charge in [-0.05, 0) is 36.4 Å². The van der Waals surface area contributed by atoms with Crippen molar-refractivity contribution in [1.29, 1.82) is 0 Å². The predicted octanol–water partition coefficient (Wildman–Crippen LogP) is 9.87. The molecule has 0 saturated carbocycles. The Labute approximate surface area is 236 Å². The van der Waals surface area contributed by atoms with Gasteiger partial charge in [-0.3, -0.25) is 9.59 Å². The van der Waals surface area contributed by atoms with E-state index in [-0.39, 0.29) is 52.8 Å². The Morgan fingerprint density at radius 3 is 1.17 bits per heavy atom. The SMILES string of the molecule is O=C1c2ccccc2C(=O)c2c(Nc3cc(Cl)c(Cl)c(Cl)c3)ccc(Nc3cc(Cl)c(Cl)c(Cl)c3)c21. The van der Waals surface area contributed by atoms with Crippen LogP contribution in [0.1, 0.15) is 31.8 Å². The molecule has 0 saturated heterocycles. The number of carbonyl (C=O) groups is 2. The summed E-state index contributed by atoms with van der Waals surface area (Å²) >= 11 is 36.9. The van der Waals surface area contributed by atoms with Crippen molar-refractivity contribution in [2.24, 2.45) is 0 Å². The molecular weight excluding hydrogens is 585 g/mol. The molecule has 0 unspecified atom stereocenters. The number of halogens is 6. The summed E-state index contributed by atoms with van der Waals surface area (Å²) in [7, 11) is 0. The molecule has 5 rings (SSSR count). The van der Waals surface area contributed by atoms with Crippen LogP contribution in [0, 0.1) is 0 Å². The van der Waals surface area contributed by atoms with Gasteiger partial charge in [-0.15, -0.1) is 0 Å². The van der Waals surface area contributed by atoms with Gasteiger partial charge in [0.2, 0.25) is 0 Å². The summed E-state index contributed by atoms with van der Waals surface area (Å²) in [6, 6.07) is 16.3. The van der Waals surface area contributed by atoms with Gasteiger partial charge in [-0.25, -0.2) is 0 Å². The Bertz CT molecular complexity index is 1440. The zero-order valence-corrected chi connectivity index (χ0v) is 22.4. The molecule has 0 fully saturated rings. The Morgan fingerprint density at radius 1 is 0.500 bits per heavy atom. The normalized spacial score (nSPS) is 12.3. The maximum Gasteiger partial charge on any atom is 0.196 e. The van der Waals surface area contributed by atoms with E-state index in [2.05, 4.69) is 10.6 Å². The molecule has 0 radical (unpaired) electrons. The average molecular weight is 597 g/mol. The molecule has 180 valence electrons. The highest BCUT2D eigenvalue weighted by molar-refractivity contribution is 6.49. The van der Waals surface area contributed by atoms with Crippen molar-refractivity contribution in [2.75, 3.05) is 10.6 Å². The highest BCUT2D eigenvalue weighted by Crippen LogP contribution is 2.41. The molecule has 0 atom stereocenters. The second kappa shape index (κ2) is 9.79. The van der Waals surface area contributed by atoms with Crippen LogP contribution in [0.2, 0.25) is 30.1 Å². The molecule has 0 aliphatic heterocycles. The summed E-state index contributed by atoms with van der Waals surface area (Å²) in [4.78, 5) is 27.3. The first-order valence-corrected chi connectivity index (χ1v) is 12.6. The maximum absolute atomic E-state index is 13.7. The first-order valence-electron chi connectivity index (χ1n) is 10.3. The van der Waals surface area contributed by atoms with Crippen molar-refractivity contribution in [3.05, 3.63) is 113 Å². The lowest BCUT2D eigenvalue weighted by Crippen LogP contribution is -2.23. The van der Waals surface area contributed by atoms with Crippen LogP contribution in [-0.2, 0) is 0 Å². The monoisotopic (exact) mass is 594 g/mol. The second-order valence-corrected chi connectivity index (χ2v) is 10.3. The molecule has 4 aromatic rings. The zero-order valence-electron chi connectivity index (χ0n) is 17.9. The fourth-order valence-electron chi connectivity index (χ4n) is 4.00. The van der Waals surface area contributed by atoms with Gasteiger partial charge in [0.05, 0.1) is 52.6 Å². The molecule has 0 aromatic heterocycles. The van der Waals surface area contributed by atoms with Gasteiger partial charge < -0.3 is 10.6 Å². The number of fused-ring (bicyclic) bond motifs is 2. The quantitative estimate of drug-likeness (QED) is 0.203. The maximum atomic E-state index is 13.7. The van der Waals surface area contributed by atoms with Crippen molar-refractivity contribution in [1.82, 2.24) is 0 Å². The summed E-state index contributed by atoms with van der Waals surface area (Å²) in [5, 5.41) is 7.69. The molecule has 0 spiro atoms. The largest absolute Gasteiger partial charge is 0.355 e. The summed E-state index contributed by atoms with van der Waals surface area (Å²) in [5.74, 6) is -0.630. The van der Waals surface area contributed by atoms with Crippen LogP contribution in [-0.4, -0.2) is 11.6 Å². The molecule has 0 amide bonds. The summed E-state index contributed by atoms with van der Waals surface area (Å²) < 4.78 is 0. The number of hydrogen-bond acceptors (Lipinski definition) is 4. The van der Waals surface area contributed by atoms with Gasteiger partial charge in [0.25, 0.3) is 0 Å². The van der Waals surface area contributed by atoms with Crippen LogP contribution < -0.4 is 10.6 Å². The van der Waals surface area contributed by atoms with Crippen molar-refractivity contribution in [3.63, 3.8) is 0 Å². The average Bonchev–Trinajstić information content (AvgIpc) is 2.85. The molecule has 10 heteroatoms. The fraction of sp³-hybridized carbons (Fsp3) is 0. The van der Waals surface area contributed by atoms with Crippen LogP contribution in [0.5, 0.6) is 0 Å². The minimum Gasteiger partial charge on any atom is -0.355 e. The van der Waals surface area contributed by atoms with Crippen LogP contribution >= 0.6 is 69.6 Å². The highest BCUT2D eigenvalue weighted by Gasteiger charge is 2.34. The molecule has 1 aliphatic carbocycles. The van der Waals surface area contributed by atoms with Crippen molar-refractivity contribution >= 4 is 104 Å². The standard InChI is InChI=1S/C26H12Cl6N2O2/c27-15-7-11(8-16(28)23(15)31)33-19-5-6-20(34-12-9-17(29)24(32)18(30)10-12)22-21(19)25(35)13-3-1-2-4-14(13)26(22)36/h1-10,33-34H. The number of ketones is 2. The van der Waals surface area contributed by atoms with Crippen molar-refractivity contribution in [2.45, 2.75) is 0 Å². The third-order valence-corrected chi connectivity index (χ3v) is 8.00. The zero-order chi connectivity index (χ0) is 25.7. The summed E-state index contributed by atoms with van der Waals surface area (Å²) in [5.41, 5.74) is 2.77. The summed E-state index contributed by atoms with van der Waals surface area (Å²) in [6.45, 7) is 0. The Hall–Kier alpha value is -2.44. The second-order valence-electron chi connectivity index (χ2n) is 7.87. The number of anilines is 4. The number of nitrogens with one attached hydrogen (secondary N) is 2. The number of benzene rings is 4. The molecule has 4 nitrogen and oxygen atoms in total. The molecule has 4 aromatic carbocycles. The highest BCUT2D eigenvalue weighted by atomic mass is 35.5. The van der Waals surface area contributed by atoms with Gasteiger partial charge in [0, 0.05) is 22.5 Å². The van der Waals surface area contributed by atoms with E-state index in [4.69, 9.17) is 69.6 Å². The molecule has 1 aliphatic rings. The summed E-state index contributed by atoms with van der Waals surface area (Å²) in [6.07, 6.45) is 0. The molecular formula is C26H12Cl6N2O2. The predicted molar refractivity (Wildman–Crippen MR) is 149 cm³/mol. The first kappa shape index (κ1) is 25.2. The lowest BCUT2D eigenvalue weighted by atomic mass is 9.82. The van der Waals surface area contributed by atoms with Gasteiger partial charge in [-0.2, -0.15) is 0 Å². The third kappa shape index (κ3) is 4.43. The minimum absolute atomic E-state index is 0.192. The van der Waals surface area contributed by atoms with Crippen LogP contribution in [0.25, 0.3) is 0 Å². The van der Waals surface area contributed by atoms with Crippen molar-refractivity contribution in [3.8, 4) is 0 Å². The topological polar surface area (TPSA) is 58.2 Å². The lowest BCUT2D eigenvalue weighted by Gasteiger charge is -2.24. The van der Waals surface area contributed by atoms with Crippen molar-refractivity contribution < 1.29 is 9.59 Å². The fourth-order valence-corrected chi connectivity index (χ4v) is 5.19. The molecule has 2 N–H and O–H groups in total. The number of hydrogen-bond donors (Lipinski definition) is 2. The van der Waals surface area contributed by atoms with Crippen LogP contribution in [0.15, 0.2) is 60.7 Å². The van der Waals surface area contributed by atoms with E-state index in [1.807, 2.05) is 0 Å². The smallest absolute Gasteiger partial charge is 0.196 e. The van der Waals surface area contributed by atoms with E-state index in [1.54, 1.807) is 60.7 Å². The number of rotatable bonds is 4. The van der Waals surface area contributed by atoms with Crippen LogP contribution in [0.4, 0.5) is 22.7 Å².